The monoisotopic (exact) mass is 218 g/mol. The largest absolute Gasteiger partial charge is 0.310 e. The number of hydrogen-bond acceptors (Lipinski definition) is 2. The van der Waals surface area contributed by atoms with E-state index in [4.69, 9.17) is 0 Å². The molecule has 0 radical (unpaired) electrons. The highest BCUT2D eigenvalue weighted by Crippen LogP contribution is 2.10. The van der Waals surface area contributed by atoms with Crippen molar-refractivity contribution in [3.05, 3.63) is 44.5 Å². The van der Waals surface area contributed by atoms with Crippen molar-refractivity contribution < 1.29 is 0 Å². The van der Waals surface area contributed by atoms with Gasteiger partial charge in [-0.1, -0.05) is 6.92 Å². The van der Waals surface area contributed by atoms with Crippen LogP contribution in [0.5, 0.6) is 0 Å². The smallest absolute Gasteiger partial charge is 0.254 e. The summed E-state index contributed by atoms with van der Waals surface area (Å²) in [5.74, 6) is 0. The van der Waals surface area contributed by atoms with Gasteiger partial charge in [-0.15, -0.1) is 0 Å². The van der Waals surface area contributed by atoms with Crippen molar-refractivity contribution in [1.82, 2.24) is 9.13 Å². The number of hydrogen-bond donors (Lipinski definition) is 0. The summed E-state index contributed by atoms with van der Waals surface area (Å²) in [4.78, 5) is 23.4. The maximum atomic E-state index is 11.9. The summed E-state index contributed by atoms with van der Waals surface area (Å²) in [5.41, 5.74) is 2.26. The van der Waals surface area contributed by atoms with Gasteiger partial charge in [-0.25, -0.2) is 0 Å². The Morgan fingerprint density at radius 3 is 2.38 bits per heavy atom. The normalized spacial score (nSPS) is 10.9. The second-order valence-corrected chi connectivity index (χ2v) is 3.89. The number of rotatable bonds is 1. The molecule has 2 rings (SSSR count). The fourth-order valence-electron chi connectivity index (χ4n) is 1.90. The summed E-state index contributed by atoms with van der Waals surface area (Å²) in [5, 5.41) is 0. The molecule has 0 spiro atoms. The quantitative estimate of drug-likeness (QED) is 0.710. The zero-order valence-electron chi connectivity index (χ0n) is 9.65. The first-order valence-electron chi connectivity index (χ1n) is 5.25. The van der Waals surface area contributed by atoms with Gasteiger partial charge >= 0.3 is 0 Å². The molecule has 2 aromatic rings. The molecule has 0 unspecified atom stereocenters. The summed E-state index contributed by atoms with van der Waals surface area (Å²) in [6.45, 7) is 1.93. The van der Waals surface area contributed by atoms with Gasteiger partial charge in [0.15, 0.2) is 0 Å². The zero-order chi connectivity index (χ0) is 11.9. The molecule has 0 aromatic carbocycles. The lowest BCUT2D eigenvalue weighted by Crippen LogP contribution is -2.24. The third-order valence-corrected chi connectivity index (χ3v) is 2.97. The molecule has 0 N–H and O–H groups in total. The maximum Gasteiger partial charge on any atom is 0.254 e. The standard InChI is InChI=1S/C12H14N2O2/c1-4-8-7-10-9(14(3)12(8)16)5-6-11(15)13(10)2/h5-7H,4H2,1-3H3. The van der Waals surface area contributed by atoms with Gasteiger partial charge in [-0.05, 0) is 18.6 Å². The lowest BCUT2D eigenvalue weighted by atomic mass is 10.2. The Morgan fingerprint density at radius 1 is 1.06 bits per heavy atom. The zero-order valence-corrected chi connectivity index (χ0v) is 9.65. The molecule has 0 fully saturated rings. The van der Waals surface area contributed by atoms with Crippen LogP contribution in [0.15, 0.2) is 27.8 Å². The van der Waals surface area contributed by atoms with Crippen LogP contribution in [0.3, 0.4) is 0 Å². The van der Waals surface area contributed by atoms with Crippen LogP contribution in [-0.4, -0.2) is 9.13 Å². The van der Waals surface area contributed by atoms with Gasteiger partial charge in [0, 0.05) is 25.7 Å². The Morgan fingerprint density at radius 2 is 1.75 bits per heavy atom. The van der Waals surface area contributed by atoms with Crippen LogP contribution in [0, 0.1) is 0 Å². The van der Waals surface area contributed by atoms with Crippen molar-refractivity contribution in [2.24, 2.45) is 14.1 Å². The van der Waals surface area contributed by atoms with Gasteiger partial charge in [-0.3, -0.25) is 9.59 Å². The summed E-state index contributed by atoms with van der Waals surface area (Å²) < 4.78 is 3.15. The topological polar surface area (TPSA) is 44.0 Å². The van der Waals surface area contributed by atoms with E-state index in [9.17, 15) is 9.59 Å². The Bertz CT molecular complexity index is 665. The van der Waals surface area contributed by atoms with Crippen molar-refractivity contribution in [2.75, 3.05) is 0 Å². The first-order valence-corrected chi connectivity index (χ1v) is 5.25. The van der Waals surface area contributed by atoms with E-state index in [1.54, 1.807) is 35.4 Å². The molecule has 2 aromatic heterocycles. The third kappa shape index (κ3) is 1.38. The number of pyridine rings is 2. The average Bonchev–Trinajstić information content (AvgIpc) is 2.28. The minimum absolute atomic E-state index is 0.00801. The molecule has 4 nitrogen and oxygen atoms in total. The SMILES string of the molecule is CCc1cc2c(ccc(=O)n2C)n(C)c1=O. The van der Waals surface area contributed by atoms with E-state index in [0.717, 1.165) is 16.6 Å². The molecule has 0 amide bonds. The Balaban J connectivity index is 3.05. The number of nitrogens with zero attached hydrogens (tertiary/aromatic N) is 2. The molecular formula is C12H14N2O2. The Hall–Kier alpha value is -1.84. The maximum absolute atomic E-state index is 11.9. The van der Waals surface area contributed by atoms with Gasteiger partial charge in [0.25, 0.3) is 11.1 Å². The summed E-state index contributed by atoms with van der Waals surface area (Å²) in [6, 6.07) is 4.98. The van der Waals surface area contributed by atoms with E-state index in [1.807, 2.05) is 6.92 Å². The second kappa shape index (κ2) is 3.63. The molecule has 0 aliphatic rings. The minimum atomic E-state index is -0.0618. The third-order valence-electron chi connectivity index (χ3n) is 2.97. The van der Waals surface area contributed by atoms with E-state index >= 15 is 0 Å². The molecular weight excluding hydrogens is 204 g/mol. The first-order chi connectivity index (χ1) is 7.56. The van der Waals surface area contributed by atoms with Gasteiger partial charge in [0.05, 0.1) is 11.0 Å². The van der Waals surface area contributed by atoms with Gasteiger partial charge in [0.1, 0.15) is 0 Å². The highest BCUT2D eigenvalue weighted by Gasteiger charge is 2.07. The van der Waals surface area contributed by atoms with E-state index in [2.05, 4.69) is 0 Å². The van der Waals surface area contributed by atoms with E-state index in [-0.39, 0.29) is 11.1 Å². The van der Waals surface area contributed by atoms with Crippen LogP contribution in [0.4, 0.5) is 0 Å². The fraction of sp³-hybridized carbons (Fsp3) is 0.333. The fourth-order valence-corrected chi connectivity index (χ4v) is 1.90. The molecule has 0 bridgehead atoms. The van der Waals surface area contributed by atoms with Gasteiger partial charge in [0.2, 0.25) is 0 Å². The first kappa shape index (κ1) is 10.7. The van der Waals surface area contributed by atoms with Crippen molar-refractivity contribution in [1.29, 1.82) is 0 Å². The predicted molar refractivity (Wildman–Crippen MR) is 63.8 cm³/mol. The molecule has 4 heteroatoms. The van der Waals surface area contributed by atoms with Crippen molar-refractivity contribution >= 4 is 11.0 Å². The molecule has 0 atom stereocenters. The minimum Gasteiger partial charge on any atom is -0.310 e. The number of aryl methyl sites for hydroxylation is 3. The summed E-state index contributed by atoms with van der Waals surface area (Å²) in [7, 11) is 3.45. The second-order valence-electron chi connectivity index (χ2n) is 3.89. The van der Waals surface area contributed by atoms with Gasteiger partial charge < -0.3 is 9.13 Å². The molecule has 0 aliphatic carbocycles. The highest BCUT2D eigenvalue weighted by molar-refractivity contribution is 5.75. The lowest BCUT2D eigenvalue weighted by Gasteiger charge is -2.10. The Labute approximate surface area is 92.8 Å². The van der Waals surface area contributed by atoms with Crippen LogP contribution in [0.2, 0.25) is 0 Å². The highest BCUT2D eigenvalue weighted by atomic mass is 16.1. The van der Waals surface area contributed by atoms with Gasteiger partial charge in [-0.2, -0.15) is 0 Å². The predicted octanol–water partition coefficient (Wildman–Crippen LogP) is 0.800. The lowest BCUT2D eigenvalue weighted by molar-refractivity contribution is 0.844. The average molecular weight is 218 g/mol. The van der Waals surface area contributed by atoms with E-state index in [0.29, 0.717) is 6.42 Å². The van der Waals surface area contributed by atoms with Crippen molar-refractivity contribution in [3.63, 3.8) is 0 Å². The number of fused-ring (bicyclic) bond motifs is 1. The molecule has 0 saturated carbocycles. The molecule has 0 aliphatic heterocycles. The summed E-state index contributed by atoms with van der Waals surface area (Å²) >= 11 is 0. The Kier molecular flexibility index (Phi) is 2.42. The van der Waals surface area contributed by atoms with Crippen molar-refractivity contribution in [2.45, 2.75) is 13.3 Å². The van der Waals surface area contributed by atoms with Crippen LogP contribution < -0.4 is 11.1 Å². The van der Waals surface area contributed by atoms with Crippen molar-refractivity contribution in [3.8, 4) is 0 Å². The van der Waals surface area contributed by atoms with Crippen LogP contribution in [-0.2, 0) is 20.5 Å². The summed E-state index contributed by atoms with van der Waals surface area (Å²) in [6.07, 6.45) is 0.672. The van der Waals surface area contributed by atoms with Crippen LogP contribution in [0.1, 0.15) is 12.5 Å². The van der Waals surface area contributed by atoms with Crippen LogP contribution in [0.25, 0.3) is 11.0 Å². The number of aromatic nitrogens is 2. The molecule has 0 saturated heterocycles. The van der Waals surface area contributed by atoms with E-state index < -0.39 is 0 Å². The van der Waals surface area contributed by atoms with Crippen LogP contribution >= 0.6 is 0 Å². The molecule has 84 valence electrons. The molecule has 2 heterocycles. The molecule has 16 heavy (non-hydrogen) atoms. The van der Waals surface area contributed by atoms with E-state index in [1.165, 1.54) is 6.07 Å².